The van der Waals surface area contributed by atoms with Crippen molar-refractivity contribution in [1.82, 2.24) is 5.32 Å². The van der Waals surface area contributed by atoms with Gasteiger partial charge < -0.3 is 10.1 Å². The minimum Gasteiger partial charge on any atom is -0.483 e. The maximum Gasteiger partial charge on any atom is 0.258 e. The van der Waals surface area contributed by atoms with Gasteiger partial charge in [0.15, 0.2) is 6.61 Å². The number of benzene rings is 2. The summed E-state index contributed by atoms with van der Waals surface area (Å²) in [5.74, 6) is -0.0824. The van der Waals surface area contributed by atoms with Crippen molar-refractivity contribution in [3.63, 3.8) is 0 Å². The Hall–Kier alpha value is -1.88. The Morgan fingerprint density at radius 1 is 1.30 bits per heavy atom. The second-order valence-electron chi connectivity index (χ2n) is 5.57. The fraction of sp³-hybridized carbons (Fsp3) is 0.278. The van der Waals surface area contributed by atoms with E-state index in [1.54, 1.807) is 0 Å². The lowest BCUT2D eigenvalue weighted by atomic mass is 9.88. The second-order valence-corrected chi connectivity index (χ2v) is 6.43. The molecule has 1 N–H and O–H groups in total. The van der Waals surface area contributed by atoms with Crippen LogP contribution in [-0.2, 0) is 11.2 Å². The molecular formula is C18H17BrFNO2. The summed E-state index contributed by atoms with van der Waals surface area (Å²) < 4.78 is 19.0. The molecule has 0 bridgehead atoms. The highest BCUT2D eigenvalue weighted by Crippen LogP contribution is 2.29. The summed E-state index contributed by atoms with van der Waals surface area (Å²) in [5, 5.41) is 3.02. The molecule has 0 fully saturated rings. The van der Waals surface area contributed by atoms with Crippen molar-refractivity contribution < 1.29 is 13.9 Å². The van der Waals surface area contributed by atoms with E-state index >= 15 is 0 Å². The van der Waals surface area contributed by atoms with E-state index in [4.69, 9.17) is 4.74 Å². The van der Waals surface area contributed by atoms with Crippen LogP contribution in [0.4, 0.5) is 4.39 Å². The maximum atomic E-state index is 13.0. The lowest BCUT2D eigenvalue weighted by molar-refractivity contribution is -0.124. The Labute approximate surface area is 143 Å². The Balaban J connectivity index is 1.60. The third kappa shape index (κ3) is 3.91. The van der Waals surface area contributed by atoms with E-state index in [0.717, 1.165) is 19.3 Å². The minimum atomic E-state index is -0.354. The number of aryl methyl sites for hydroxylation is 1. The Bertz CT molecular complexity index is 720. The zero-order valence-electron chi connectivity index (χ0n) is 12.5. The number of carbonyl (C=O) groups is 1. The molecule has 0 aliphatic heterocycles. The summed E-state index contributed by atoms with van der Waals surface area (Å²) in [6.45, 7) is -0.0943. The third-order valence-electron chi connectivity index (χ3n) is 3.96. The number of hydrogen-bond acceptors (Lipinski definition) is 2. The van der Waals surface area contributed by atoms with E-state index in [1.807, 2.05) is 12.1 Å². The van der Waals surface area contributed by atoms with Gasteiger partial charge in [-0.3, -0.25) is 4.79 Å². The van der Waals surface area contributed by atoms with Crippen molar-refractivity contribution in [1.29, 1.82) is 0 Å². The summed E-state index contributed by atoms with van der Waals surface area (Å²) in [5.41, 5.74) is 2.49. The van der Waals surface area contributed by atoms with Gasteiger partial charge in [-0.1, -0.05) is 24.3 Å². The smallest absolute Gasteiger partial charge is 0.258 e. The fourth-order valence-corrected chi connectivity index (χ4v) is 3.34. The van der Waals surface area contributed by atoms with Crippen molar-refractivity contribution >= 4 is 21.8 Å². The molecule has 5 heteroatoms. The van der Waals surface area contributed by atoms with Crippen LogP contribution in [0.1, 0.15) is 30.0 Å². The Morgan fingerprint density at radius 3 is 2.96 bits per heavy atom. The van der Waals surface area contributed by atoms with Crippen molar-refractivity contribution in [2.24, 2.45) is 0 Å². The van der Waals surface area contributed by atoms with E-state index < -0.39 is 0 Å². The van der Waals surface area contributed by atoms with Gasteiger partial charge in [0, 0.05) is 0 Å². The summed E-state index contributed by atoms with van der Waals surface area (Å²) in [4.78, 5) is 12.1. The van der Waals surface area contributed by atoms with Crippen LogP contribution in [0.3, 0.4) is 0 Å². The Morgan fingerprint density at radius 2 is 2.13 bits per heavy atom. The number of carbonyl (C=O) groups excluding carboxylic acids is 1. The lowest BCUT2D eigenvalue weighted by Crippen LogP contribution is -2.34. The molecular weight excluding hydrogens is 361 g/mol. The number of nitrogens with one attached hydrogen (secondary N) is 1. The zero-order chi connectivity index (χ0) is 16.2. The third-order valence-corrected chi connectivity index (χ3v) is 4.58. The molecule has 0 aromatic heterocycles. The van der Waals surface area contributed by atoms with Crippen molar-refractivity contribution in [3.05, 3.63) is 63.9 Å². The normalized spacial score (nSPS) is 16.5. The van der Waals surface area contributed by atoms with Crippen LogP contribution in [0, 0.1) is 5.82 Å². The van der Waals surface area contributed by atoms with Crippen molar-refractivity contribution in [2.75, 3.05) is 6.61 Å². The lowest BCUT2D eigenvalue weighted by Gasteiger charge is -2.26. The van der Waals surface area contributed by atoms with Crippen LogP contribution >= 0.6 is 15.9 Å². The van der Waals surface area contributed by atoms with E-state index in [-0.39, 0.29) is 24.4 Å². The highest BCUT2D eigenvalue weighted by atomic mass is 79.9. The average Bonchev–Trinajstić information content (AvgIpc) is 2.54. The fourth-order valence-electron chi connectivity index (χ4n) is 2.88. The van der Waals surface area contributed by atoms with Gasteiger partial charge in [0.25, 0.3) is 5.91 Å². The first-order chi connectivity index (χ1) is 11.1. The summed E-state index contributed by atoms with van der Waals surface area (Å²) >= 11 is 3.22. The van der Waals surface area contributed by atoms with Gasteiger partial charge in [-0.15, -0.1) is 0 Å². The number of hydrogen-bond donors (Lipinski definition) is 1. The molecule has 120 valence electrons. The monoisotopic (exact) mass is 377 g/mol. The molecule has 1 amide bonds. The molecule has 0 heterocycles. The van der Waals surface area contributed by atoms with E-state index in [1.165, 1.54) is 29.3 Å². The van der Waals surface area contributed by atoms with E-state index in [0.29, 0.717) is 10.2 Å². The second kappa shape index (κ2) is 7.13. The van der Waals surface area contributed by atoms with Crippen LogP contribution < -0.4 is 10.1 Å². The topological polar surface area (TPSA) is 38.3 Å². The van der Waals surface area contributed by atoms with Gasteiger partial charge in [0.2, 0.25) is 0 Å². The van der Waals surface area contributed by atoms with Crippen molar-refractivity contribution in [3.8, 4) is 5.75 Å². The summed E-state index contributed by atoms with van der Waals surface area (Å²) in [7, 11) is 0. The number of rotatable bonds is 4. The standard InChI is InChI=1S/C18H17BrFNO2/c19-15-10-13(20)8-9-17(15)23-11-18(22)21-16-7-3-5-12-4-1-2-6-14(12)16/h1-2,4,6,8-10,16H,3,5,7,11H2,(H,21,22)/t16-/m0/s1. The molecule has 3 nitrogen and oxygen atoms in total. The molecule has 1 aliphatic carbocycles. The molecule has 0 unspecified atom stereocenters. The number of fused-ring (bicyclic) bond motifs is 1. The van der Waals surface area contributed by atoms with Crippen LogP contribution in [-0.4, -0.2) is 12.5 Å². The summed E-state index contributed by atoms with van der Waals surface area (Å²) in [6, 6.07) is 12.3. The van der Waals surface area contributed by atoms with Gasteiger partial charge in [-0.2, -0.15) is 0 Å². The molecule has 1 aliphatic rings. The molecule has 2 aromatic carbocycles. The quantitative estimate of drug-likeness (QED) is 0.868. The summed E-state index contributed by atoms with van der Waals surface area (Å²) in [6.07, 6.45) is 3.05. The van der Waals surface area contributed by atoms with Crippen LogP contribution in [0.2, 0.25) is 0 Å². The molecule has 0 radical (unpaired) electrons. The SMILES string of the molecule is O=C(COc1ccc(F)cc1Br)N[C@H]1CCCc2ccccc21. The first-order valence-corrected chi connectivity index (χ1v) is 8.38. The number of amides is 1. The van der Waals surface area contributed by atoms with Crippen LogP contribution in [0.15, 0.2) is 46.9 Å². The van der Waals surface area contributed by atoms with Crippen LogP contribution in [0.25, 0.3) is 0 Å². The van der Waals surface area contributed by atoms with E-state index in [2.05, 4.69) is 33.4 Å². The van der Waals surface area contributed by atoms with E-state index in [9.17, 15) is 9.18 Å². The van der Waals surface area contributed by atoms with Gasteiger partial charge in [0.05, 0.1) is 10.5 Å². The highest BCUT2D eigenvalue weighted by molar-refractivity contribution is 9.10. The predicted octanol–water partition coefficient (Wildman–Crippen LogP) is 4.16. The largest absolute Gasteiger partial charge is 0.483 e. The Kier molecular flexibility index (Phi) is 4.96. The van der Waals surface area contributed by atoms with Gasteiger partial charge >= 0.3 is 0 Å². The molecule has 0 saturated carbocycles. The minimum absolute atomic E-state index is 0.0349. The predicted molar refractivity (Wildman–Crippen MR) is 89.9 cm³/mol. The first-order valence-electron chi connectivity index (χ1n) is 7.58. The average molecular weight is 378 g/mol. The molecule has 3 rings (SSSR count). The number of halogens is 2. The molecule has 0 saturated heterocycles. The highest BCUT2D eigenvalue weighted by Gasteiger charge is 2.21. The molecule has 0 spiro atoms. The molecule has 23 heavy (non-hydrogen) atoms. The maximum absolute atomic E-state index is 13.0. The van der Waals surface area contributed by atoms with Crippen LogP contribution in [0.5, 0.6) is 5.75 Å². The first kappa shape index (κ1) is 16.0. The zero-order valence-corrected chi connectivity index (χ0v) is 14.1. The number of ether oxygens (including phenoxy) is 1. The molecule has 1 atom stereocenters. The van der Waals surface area contributed by atoms with Crippen molar-refractivity contribution in [2.45, 2.75) is 25.3 Å². The molecule has 2 aromatic rings. The van der Waals surface area contributed by atoms with Gasteiger partial charge in [0.1, 0.15) is 11.6 Å². The van der Waals surface area contributed by atoms with Gasteiger partial charge in [-0.25, -0.2) is 4.39 Å². The van der Waals surface area contributed by atoms with Gasteiger partial charge in [-0.05, 0) is 64.5 Å².